The predicted octanol–water partition coefficient (Wildman–Crippen LogP) is 6.08. The Morgan fingerprint density at radius 3 is 2.65 bits per heavy atom. The molecule has 1 atom stereocenters. The first-order valence-corrected chi connectivity index (χ1v) is 8.07. The van der Waals surface area contributed by atoms with E-state index in [0.29, 0.717) is 22.4 Å². The van der Waals surface area contributed by atoms with Gasteiger partial charge in [-0.2, -0.15) is 0 Å². The van der Waals surface area contributed by atoms with Crippen molar-refractivity contribution in [3.63, 3.8) is 0 Å². The molecule has 0 aromatic heterocycles. The summed E-state index contributed by atoms with van der Waals surface area (Å²) >= 11 is 13.0. The third-order valence-corrected chi connectivity index (χ3v) is 4.38. The van der Waals surface area contributed by atoms with Crippen molar-refractivity contribution in [2.24, 2.45) is 0 Å². The molecule has 2 aromatic carbocycles. The van der Waals surface area contributed by atoms with Gasteiger partial charge in [-0.1, -0.05) is 28.1 Å². The van der Waals surface area contributed by atoms with Crippen LogP contribution in [0.25, 0.3) is 0 Å². The Morgan fingerprint density at radius 1 is 1.20 bits per heavy atom. The zero-order chi connectivity index (χ0) is 14.7. The molecule has 0 amide bonds. The third kappa shape index (κ3) is 3.35. The summed E-state index contributed by atoms with van der Waals surface area (Å²) in [5.74, 6) is 0.310. The Kier molecular flexibility index (Phi) is 5.47. The summed E-state index contributed by atoms with van der Waals surface area (Å²) < 4.78 is 21.0. The van der Waals surface area contributed by atoms with Crippen molar-refractivity contribution in [2.75, 3.05) is 6.61 Å². The maximum absolute atomic E-state index is 14.2. The molecular weight excluding hydrogens is 410 g/mol. The summed E-state index contributed by atoms with van der Waals surface area (Å²) in [4.78, 5) is 0. The van der Waals surface area contributed by atoms with Crippen molar-refractivity contribution in [1.29, 1.82) is 0 Å². The lowest BCUT2D eigenvalue weighted by atomic mass is 10.0. The van der Waals surface area contributed by atoms with Crippen LogP contribution in [0.2, 0.25) is 0 Å². The molecule has 0 aliphatic carbocycles. The van der Waals surface area contributed by atoms with Crippen molar-refractivity contribution in [3.8, 4) is 5.75 Å². The van der Waals surface area contributed by atoms with E-state index >= 15 is 0 Å². The minimum atomic E-state index is -0.619. The van der Waals surface area contributed by atoms with Crippen LogP contribution in [0.1, 0.15) is 23.4 Å². The third-order valence-electron chi connectivity index (χ3n) is 2.80. The Balaban J connectivity index is 2.49. The van der Waals surface area contributed by atoms with Crippen molar-refractivity contribution in [3.05, 3.63) is 62.3 Å². The topological polar surface area (TPSA) is 9.23 Å². The number of hydrogen-bond donors (Lipinski definition) is 0. The average molecular weight is 423 g/mol. The quantitative estimate of drug-likeness (QED) is 0.543. The molecule has 2 aromatic rings. The highest BCUT2D eigenvalue weighted by Gasteiger charge is 2.20. The van der Waals surface area contributed by atoms with Crippen molar-refractivity contribution in [1.82, 2.24) is 0 Å². The van der Waals surface area contributed by atoms with Crippen LogP contribution in [0.15, 0.2) is 45.3 Å². The van der Waals surface area contributed by atoms with E-state index in [0.717, 1.165) is 10.0 Å². The number of alkyl halides is 1. The van der Waals surface area contributed by atoms with Crippen molar-refractivity contribution >= 4 is 43.5 Å². The molecule has 0 saturated carbocycles. The lowest BCUT2D eigenvalue weighted by Crippen LogP contribution is -2.02. The Bertz CT molecular complexity index is 619. The molecule has 0 spiro atoms. The van der Waals surface area contributed by atoms with Gasteiger partial charge in [-0.25, -0.2) is 4.39 Å². The second-order valence-corrected chi connectivity index (χ2v) is 6.33. The monoisotopic (exact) mass is 420 g/mol. The van der Waals surface area contributed by atoms with Gasteiger partial charge < -0.3 is 4.74 Å². The molecule has 20 heavy (non-hydrogen) atoms. The molecule has 0 aliphatic rings. The first kappa shape index (κ1) is 15.8. The smallest absolute Gasteiger partial charge is 0.142 e. The van der Waals surface area contributed by atoms with E-state index < -0.39 is 5.38 Å². The van der Waals surface area contributed by atoms with Crippen LogP contribution in [-0.4, -0.2) is 6.61 Å². The second kappa shape index (κ2) is 6.92. The van der Waals surface area contributed by atoms with Crippen LogP contribution in [0.3, 0.4) is 0 Å². The summed E-state index contributed by atoms with van der Waals surface area (Å²) in [6.45, 7) is 2.42. The largest absolute Gasteiger partial charge is 0.494 e. The Labute approximate surface area is 139 Å². The fourth-order valence-corrected chi connectivity index (χ4v) is 2.99. The van der Waals surface area contributed by atoms with Gasteiger partial charge in [0.25, 0.3) is 0 Å². The molecule has 106 valence electrons. The lowest BCUT2D eigenvalue weighted by Gasteiger charge is -2.17. The van der Waals surface area contributed by atoms with E-state index in [9.17, 15) is 4.39 Å². The van der Waals surface area contributed by atoms with Crippen LogP contribution in [0.5, 0.6) is 5.75 Å². The standard InChI is InChI=1S/C15H12Br2ClFO/c1-2-20-13-7-6-9(16)8-11(13)14(18)10-4-3-5-12(17)15(10)19/h3-8,14H,2H2,1H3. The van der Waals surface area contributed by atoms with Gasteiger partial charge in [0, 0.05) is 15.6 Å². The van der Waals surface area contributed by atoms with Crippen molar-refractivity contribution in [2.45, 2.75) is 12.3 Å². The zero-order valence-electron chi connectivity index (χ0n) is 10.7. The van der Waals surface area contributed by atoms with Gasteiger partial charge >= 0.3 is 0 Å². The summed E-state index contributed by atoms with van der Waals surface area (Å²) in [7, 11) is 0. The molecular formula is C15H12Br2ClFO. The van der Waals surface area contributed by atoms with E-state index in [2.05, 4.69) is 31.9 Å². The fourth-order valence-electron chi connectivity index (χ4n) is 1.89. The summed E-state index contributed by atoms with van der Waals surface area (Å²) in [6, 6.07) is 10.6. The van der Waals surface area contributed by atoms with E-state index in [-0.39, 0.29) is 5.82 Å². The number of hydrogen-bond acceptors (Lipinski definition) is 1. The molecule has 5 heteroatoms. The van der Waals surface area contributed by atoms with Crippen LogP contribution in [0, 0.1) is 5.82 Å². The van der Waals surface area contributed by atoms with E-state index in [4.69, 9.17) is 16.3 Å². The second-order valence-electron chi connectivity index (χ2n) is 4.12. The van der Waals surface area contributed by atoms with Crippen molar-refractivity contribution < 1.29 is 9.13 Å². The predicted molar refractivity (Wildman–Crippen MR) is 87.1 cm³/mol. The van der Waals surface area contributed by atoms with Crippen LogP contribution in [-0.2, 0) is 0 Å². The molecule has 0 bridgehead atoms. The molecule has 0 fully saturated rings. The van der Waals surface area contributed by atoms with Gasteiger partial charge in [0.1, 0.15) is 11.6 Å². The van der Waals surface area contributed by atoms with Gasteiger partial charge in [0.2, 0.25) is 0 Å². The number of halogens is 4. The zero-order valence-corrected chi connectivity index (χ0v) is 14.6. The van der Waals surface area contributed by atoms with Gasteiger partial charge in [-0.3, -0.25) is 0 Å². The maximum atomic E-state index is 14.2. The summed E-state index contributed by atoms with van der Waals surface area (Å²) in [5, 5.41) is -0.619. The minimum absolute atomic E-state index is 0.352. The fraction of sp³-hybridized carbons (Fsp3) is 0.200. The first-order valence-electron chi connectivity index (χ1n) is 6.04. The minimum Gasteiger partial charge on any atom is -0.494 e. The molecule has 0 aliphatic heterocycles. The average Bonchev–Trinajstić information content (AvgIpc) is 2.43. The molecule has 0 radical (unpaired) electrons. The van der Waals surface area contributed by atoms with E-state index in [1.54, 1.807) is 18.2 Å². The normalized spacial score (nSPS) is 12.2. The molecule has 1 unspecified atom stereocenters. The Hall–Kier alpha value is -0.580. The number of rotatable bonds is 4. The van der Waals surface area contributed by atoms with Crippen LogP contribution >= 0.6 is 43.5 Å². The summed E-state index contributed by atoms with van der Waals surface area (Å²) in [5.41, 5.74) is 1.15. The molecule has 0 N–H and O–H groups in total. The van der Waals surface area contributed by atoms with Gasteiger partial charge in [0.05, 0.1) is 16.5 Å². The van der Waals surface area contributed by atoms with Gasteiger partial charge in [-0.05, 0) is 47.1 Å². The number of benzene rings is 2. The Morgan fingerprint density at radius 2 is 1.95 bits per heavy atom. The SMILES string of the molecule is CCOc1ccc(Br)cc1C(Cl)c1cccc(Br)c1F. The molecule has 0 heterocycles. The molecule has 2 rings (SSSR count). The van der Waals surface area contributed by atoms with Gasteiger partial charge in [-0.15, -0.1) is 11.6 Å². The summed E-state index contributed by atoms with van der Waals surface area (Å²) in [6.07, 6.45) is 0. The van der Waals surface area contributed by atoms with Crippen LogP contribution in [0.4, 0.5) is 4.39 Å². The van der Waals surface area contributed by atoms with Crippen LogP contribution < -0.4 is 4.74 Å². The highest BCUT2D eigenvalue weighted by molar-refractivity contribution is 9.10. The maximum Gasteiger partial charge on any atom is 0.142 e. The number of ether oxygens (including phenoxy) is 1. The lowest BCUT2D eigenvalue weighted by molar-refractivity contribution is 0.336. The molecule has 1 nitrogen and oxygen atoms in total. The molecule has 0 saturated heterocycles. The van der Waals surface area contributed by atoms with Gasteiger partial charge in [0.15, 0.2) is 0 Å². The first-order chi connectivity index (χ1) is 9.54. The van der Waals surface area contributed by atoms with E-state index in [1.807, 2.05) is 25.1 Å². The highest BCUT2D eigenvalue weighted by atomic mass is 79.9. The highest BCUT2D eigenvalue weighted by Crippen LogP contribution is 2.39. The van der Waals surface area contributed by atoms with E-state index in [1.165, 1.54) is 0 Å².